The molecule has 2 aromatic rings. The molecule has 0 saturated carbocycles. The van der Waals surface area contributed by atoms with Gasteiger partial charge in [0.05, 0.1) is 18.2 Å². The minimum atomic E-state index is -0.344. The highest BCUT2D eigenvalue weighted by Gasteiger charge is 2.16. The van der Waals surface area contributed by atoms with Gasteiger partial charge in [-0.15, -0.1) is 0 Å². The fourth-order valence-corrected chi connectivity index (χ4v) is 2.70. The monoisotopic (exact) mass is 404 g/mol. The second kappa shape index (κ2) is 10.6. The molecule has 0 unspecified atom stereocenters. The normalized spacial score (nSPS) is 10.3. The molecule has 0 spiro atoms. The van der Waals surface area contributed by atoms with Crippen molar-refractivity contribution in [1.29, 1.82) is 0 Å². The van der Waals surface area contributed by atoms with Gasteiger partial charge >= 0.3 is 0 Å². The van der Waals surface area contributed by atoms with E-state index in [9.17, 15) is 9.59 Å². The van der Waals surface area contributed by atoms with E-state index in [4.69, 9.17) is 21.1 Å². The number of nitrogens with one attached hydrogen (secondary N) is 2. The molecule has 28 heavy (non-hydrogen) atoms. The lowest BCUT2D eigenvalue weighted by atomic mass is 10.1. The number of carbonyl (C=O) groups excluding carboxylic acids is 2. The van der Waals surface area contributed by atoms with Gasteiger partial charge in [-0.05, 0) is 43.7 Å². The molecule has 0 aliphatic carbocycles. The first-order chi connectivity index (χ1) is 13.5. The maximum atomic E-state index is 12.7. The number of rotatable bonds is 9. The van der Waals surface area contributed by atoms with Crippen molar-refractivity contribution in [2.45, 2.75) is 33.6 Å². The molecule has 150 valence electrons. The Balaban J connectivity index is 2.22. The van der Waals surface area contributed by atoms with Crippen LogP contribution in [0, 0.1) is 0 Å². The summed E-state index contributed by atoms with van der Waals surface area (Å²) < 4.78 is 11.3. The standard InChI is InChI=1S/C21H25ClN2O4/c1-4-10-28-20-17(22)11-14(12-18(20)27-6-3)21(26)24-16-9-7-8-15(13-16)23-19(25)5-2/h7-9,11-13H,4-6,10H2,1-3H3,(H,23,25)(H,24,26). The Kier molecular flexibility index (Phi) is 8.14. The molecule has 2 N–H and O–H groups in total. The van der Waals surface area contributed by atoms with Crippen molar-refractivity contribution in [3.8, 4) is 11.5 Å². The predicted molar refractivity (Wildman–Crippen MR) is 112 cm³/mol. The number of ether oxygens (including phenoxy) is 2. The van der Waals surface area contributed by atoms with E-state index in [0.717, 1.165) is 6.42 Å². The Morgan fingerprint density at radius 2 is 1.71 bits per heavy atom. The highest BCUT2D eigenvalue weighted by Crippen LogP contribution is 2.37. The lowest BCUT2D eigenvalue weighted by molar-refractivity contribution is -0.115. The van der Waals surface area contributed by atoms with Crippen LogP contribution in [-0.2, 0) is 4.79 Å². The van der Waals surface area contributed by atoms with Crippen LogP contribution < -0.4 is 20.1 Å². The van der Waals surface area contributed by atoms with Crippen LogP contribution in [0.25, 0.3) is 0 Å². The van der Waals surface area contributed by atoms with Crippen molar-refractivity contribution in [1.82, 2.24) is 0 Å². The van der Waals surface area contributed by atoms with Gasteiger partial charge in [0, 0.05) is 23.4 Å². The first-order valence-electron chi connectivity index (χ1n) is 9.28. The van der Waals surface area contributed by atoms with Crippen molar-refractivity contribution in [3.05, 3.63) is 47.0 Å². The van der Waals surface area contributed by atoms with Crippen LogP contribution in [0.3, 0.4) is 0 Å². The van der Waals surface area contributed by atoms with Crippen LogP contribution >= 0.6 is 11.6 Å². The molecule has 0 aromatic heterocycles. The lowest BCUT2D eigenvalue weighted by Gasteiger charge is -2.15. The fraction of sp³-hybridized carbons (Fsp3) is 0.333. The zero-order valence-electron chi connectivity index (χ0n) is 16.3. The number of anilines is 2. The van der Waals surface area contributed by atoms with Crippen LogP contribution in [-0.4, -0.2) is 25.0 Å². The SMILES string of the molecule is CCCOc1c(Cl)cc(C(=O)Nc2cccc(NC(=O)CC)c2)cc1OCC. The number of benzene rings is 2. The average Bonchev–Trinajstić information content (AvgIpc) is 2.67. The van der Waals surface area contributed by atoms with E-state index in [2.05, 4.69) is 10.6 Å². The Labute approximate surface area is 170 Å². The molecule has 6 nitrogen and oxygen atoms in total. The molecule has 0 bridgehead atoms. The molecule has 0 fully saturated rings. The molecule has 0 aliphatic heterocycles. The molecular formula is C21H25ClN2O4. The Bertz CT molecular complexity index is 839. The van der Waals surface area contributed by atoms with Gasteiger partial charge in [-0.1, -0.05) is 31.5 Å². The molecular weight excluding hydrogens is 380 g/mol. The van der Waals surface area contributed by atoms with Gasteiger partial charge < -0.3 is 20.1 Å². The molecule has 0 heterocycles. The van der Waals surface area contributed by atoms with Crippen LogP contribution in [0.4, 0.5) is 11.4 Å². The Morgan fingerprint density at radius 1 is 1.00 bits per heavy atom. The Morgan fingerprint density at radius 3 is 2.36 bits per heavy atom. The zero-order valence-corrected chi connectivity index (χ0v) is 17.1. The molecule has 2 rings (SSSR count). The van der Waals surface area contributed by atoms with E-state index in [0.29, 0.717) is 53.1 Å². The van der Waals surface area contributed by atoms with E-state index in [1.54, 1.807) is 43.3 Å². The highest BCUT2D eigenvalue weighted by molar-refractivity contribution is 6.32. The summed E-state index contributed by atoms with van der Waals surface area (Å²) >= 11 is 6.32. The van der Waals surface area contributed by atoms with Gasteiger partial charge in [0.15, 0.2) is 11.5 Å². The quantitative estimate of drug-likeness (QED) is 0.607. The molecule has 0 atom stereocenters. The highest BCUT2D eigenvalue weighted by atomic mass is 35.5. The van der Waals surface area contributed by atoms with Gasteiger partial charge in [0.25, 0.3) is 5.91 Å². The fourth-order valence-electron chi connectivity index (χ4n) is 2.43. The Hall–Kier alpha value is -2.73. The van der Waals surface area contributed by atoms with E-state index in [1.807, 2.05) is 13.8 Å². The average molecular weight is 405 g/mol. The van der Waals surface area contributed by atoms with Crippen LogP contribution in [0.2, 0.25) is 5.02 Å². The van der Waals surface area contributed by atoms with Crippen LogP contribution in [0.5, 0.6) is 11.5 Å². The van der Waals surface area contributed by atoms with Crippen molar-refractivity contribution < 1.29 is 19.1 Å². The summed E-state index contributed by atoms with van der Waals surface area (Å²) in [7, 11) is 0. The molecule has 7 heteroatoms. The third-order valence-corrected chi connectivity index (χ3v) is 4.03. The summed E-state index contributed by atoms with van der Waals surface area (Å²) in [6, 6.07) is 10.1. The van der Waals surface area contributed by atoms with E-state index in [-0.39, 0.29) is 11.8 Å². The van der Waals surface area contributed by atoms with Gasteiger partial charge in [0.1, 0.15) is 0 Å². The maximum Gasteiger partial charge on any atom is 0.255 e. The molecule has 0 saturated heterocycles. The van der Waals surface area contributed by atoms with E-state index < -0.39 is 0 Å². The smallest absolute Gasteiger partial charge is 0.255 e. The van der Waals surface area contributed by atoms with E-state index >= 15 is 0 Å². The number of amides is 2. The third kappa shape index (κ3) is 5.89. The molecule has 0 aliphatic rings. The van der Waals surface area contributed by atoms with Crippen molar-refractivity contribution in [2.24, 2.45) is 0 Å². The second-order valence-corrected chi connectivity index (χ2v) is 6.41. The largest absolute Gasteiger partial charge is 0.490 e. The lowest BCUT2D eigenvalue weighted by Crippen LogP contribution is -2.14. The summed E-state index contributed by atoms with van der Waals surface area (Å²) in [5, 5.41) is 5.88. The molecule has 0 radical (unpaired) electrons. The van der Waals surface area contributed by atoms with Crippen LogP contribution in [0.1, 0.15) is 44.0 Å². The topological polar surface area (TPSA) is 76.7 Å². The first kappa shape index (κ1) is 21.6. The number of hydrogen-bond acceptors (Lipinski definition) is 4. The number of carbonyl (C=O) groups is 2. The minimum absolute atomic E-state index is 0.0979. The zero-order chi connectivity index (χ0) is 20.5. The van der Waals surface area contributed by atoms with Crippen LogP contribution in [0.15, 0.2) is 36.4 Å². The number of hydrogen-bond donors (Lipinski definition) is 2. The summed E-state index contributed by atoms with van der Waals surface area (Å²) in [4.78, 5) is 24.2. The second-order valence-electron chi connectivity index (χ2n) is 6.00. The van der Waals surface area contributed by atoms with Crippen molar-refractivity contribution >= 4 is 34.8 Å². The summed E-state index contributed by atoms with van der Waals surface area (Å²) in [5.74, 6) is 0.423. The third-order valence-electron chi connectivity index (χ3n) is 3.75. The number of halogens is 1. The van der Waals surface area contributed by atoms with Crippen molar-refractivity contribution in [3.63, 3.8) is 0 Å². The van der Waals surface area contributed by atoms with E-state index in [1.165, 1.54) is 0 Å². The summed E-state index contributed by atoms with van der Waals surface area (Å²) in [6.07, 6.45) is 1.21. The molecule has 2 amide bonds. The first-order valence-corrected chi connectivity index (χ1v) is 9.66. The molecule has 2 aromatic carbocycles. The maximum absolute atomic E-state index is 12.7. The van der Waals surface area contributed by atoms with Crippen molar-refractivity contribution in [2.75, 3.05) is 23.8 Å². The van der Waals surface area contributed by atoms with Gasteiger partial charge in [-0.2, -0.15) is 0 Å². The van der Waals surface area contributed by atoms with Gasteiger partial charge in [-0.3, -0.25) is 9.59 Å². The van der Waals surface area contributed by atoms with Gasteiger partial charge in [0.2, 0.25) is 5.91 Å². The minimum Gasteiger partial charge on any atom is -0.490 e. The summed E-state index contributed by atoms with van der Waals surface area (Å²) in [5.41, 5.74) is 1.51. The predicted octanol–water partition coefficient (Wildman–Crippen LogP) is 5.13. The summed E-state index contributed by atoms with van der Waals surface area (Å²) in [6.45, 7) is 6.53. The van der Waals surface area contributed by atoms with Gasteiger partial charge in [-0.25, -0.2) is 0 Å².